The molecule has 0 spiro atoms. The second-order valence-electron chi connectivity index (χ2n) is 5.80. The summed E-state index contributed by atoms with van der Waals surface area (Å²) in [7, 11) is 0. The van der Waals surface area contributed by atoms with Gasteiger partial charge >= 0.3 is 0 Å². The lowest BCUT2D eigenvalue weighted by atomic mass is 9.95. The maximum absolute atomic E-state index is 12.3. The fourth-order valence-electron chi connectivity index (χ4n) is 2.86. The Morgan fingerprint density at radius 3 is 3.00 bits per heavy atom. The summed E-state index contributed by atoms with van der Waals surface area (Å²) >= 11 is 1.56. The second kappa shape index (κ2) is 7.69. The number of nitrogens with zero attached hydrogens (tertiary/aromatic N) is 3. The monoisotopic (exact) mass is 359 g/mol. The molecule has 2 amide bonds. The highest BCUT2D eigenvalue weighted by Gasteiger charge is 2.28. The minimum Gasteiger partial charge on any atom is -0.353 e. The maximum atomic E-state index is 12.3. The number of benzene rings is 1. The van der Waals surface area contributed by atoms with Crippen LogP contribution in [0.5, 0.6) is 0 Å². The third kappa shape index (κ3) is 3.84. The van der Waals surface area contributed by atoms with Crippen LogP contribution in [0.1, 0.15) is 28.7 Å². The van der Waals surface area contributed by atoms with Crippen LogP contribution >= 0.6 is 11.8 Å². The molecule has 0 unspecified atom stereocenters. The van der Waals surface area contributed by atoms with E-state index in [1.165, 1.54) is 0 Å². The number of carbonyl (C=O) groups is 2. The molecule has 0 aliphatic carbocycles. The Morgan fingerprint density at radius 2 is 2.20 bits per heavy atom. The lowest BCUT2D eigenvalue weighted by Crippen LogP contribution is -2.51. The molecule has 1 atom stereocenters. The highest BCUT2D eigenvalue weighted by Crippen LogP contribution is 2.17. The Morgan fingerprint density at radius 1 is 1.40 bits per heavy atom. The number of rotatable bonds is 6. The zero-order valence-corrected chi connectivity index (χ0v) is 15.1. The molecular formula is C17H21N5O2S. The Hall–Kier alpha value is -2.35. The van der Waals surface area contributed by atoms with Gasteiger partial charge in [-0.05, 0) is 25.5 Å². The first kappa shape index (κ1) is 17.5. The van der Waals surface area contributed by atoms with Gasteiger partial charge in [0.15, 0.2) is 5.16 Å². The first-order valence-electron chi connectivity index (χ1n) is 8.29. The maximum Gasteiger partial charge on any atom is 0.252 e. The number of fused-ring (bicyclic) bond motifs is 1. The molecule has 25 heavy (non-hydrogen) atoms. The number of aryl methyl sites for hydroxylation is 1. The molecule has 7 nitrogen and oxygen atoms in total. The summed E-state index contributed by atoms with van der Waals surface area (Å²) in [5.41, 5.74) is 1.56. The Labute approximate surface area is 150 Å². The van der Waals surface area contributed by atoms with Crippen molar-refractivity contribution in [2.75, 3.05) is 12.3 Å². The van der Waals surface area contributed by atoms with Crippen molar-refractivity contribution in [1.82, 2.24) is 25.4 Å². The van der Waals surface area contributed by atoms with Crippen molar-refractivity contribution in [2.45, 2.75) is 38.0 Å². The van der Waals surface area contributed by atoms with Gasteiger partial charge in [-0.1, -0.05) is 30.0 Å². The van der Waals surface area contributed by atoms with E-state index in [0.717, 1.165) is 23.1 Å². The summed E-state index contributed by atoms with van der Waals surface area (Å²) in [5.74, 6) is 1.23. The summed E-state index contributed by atoms with van der Waals surface area (Å²) in [6.07, 6.45) is 0.518. The SMILES string of the molecule is CCn1c(C)nnc1SCCNC(=O)[C@@H]1Cc2ccccc2C(=O)N1. The average Bonchev–Trinajstić information content (AvgIpc) is 2.98. The van der Waals surface area contributed by atoms with Crippen LogP contribution in [0, 0.1) is 6.92 Å². The van der Waals surface area contributed by atoms with Gasteiger partial charge in [-0.25, -0.2) is 0 Å². The van der Waals surface area contributed by atoms with E-state index in [9.17, 15) is 9.59 Å². The fourth-order valence-corrected chi connectivity index (χ4v) is 3.76. The lowest BCUT2D eigenvalue weighted by Gasteiger charge is -2.24. The van der Waals surface area contributed by atoms with E-state index in [-0.39, 0.29) is 11.8 Å². The average molecular weight is 359 g/mol. The largest absolute Gasteiger partial charge is 0.353 e. The molecule has 1 aliphatic rings. The van der Waals surface area contributed by atoms with Crippen LogP contribution in [-0.2, 0) is 17.8 Å². The highest BCUT2D eigenvalue weighted by atomic mass is 32.2. The van der Waals surface area contributed by atoms with Crippen molar-refractivity contribution in [1.29, 1.82) is 0 Å². The first-order chi connectivity index (χ1) is 12.1. The number of aromatic nitrogens is 3. The van der Waals surface area contributed by atoms with Gasteiger partial charge in [-0.2, -0.15) is 0 Å². The van der Waals surface area contributed by atoms with Crippen LogP contribution in [0.15, 0.2) is 29.4 Å². The standard InChI is InChI=1S/C17H21N5O2S/c1-3-22-11(2)20-21-17(22)25-9-8-18-16(24)14-10-12-6-4-5-7-13(12)15(23)19-14/h4-7,14H,3,8-10H2,1-2H3,(H,18,24)(H,19,23)/t14-/m0/s1. The van der Waals surface area contributed by atoms with Crippen molar-refractivity contribution in [3.05, 3.63) is 41.2 Å². The van der Waals surface area contributed by atoms with Crippen LogP contribution in [0.3, 0.4) is 0 Å². The number of thioether (sulfide) groups is 1. The van der Waals surface area contributed by atoms with E-state index in [0.29, 0.717) is 24.3 Å². The van der Waals surface area contributed by atoms with Crippen molar-refractivity contribution < 1.29 is 9.59 Å². The number of amides is 2. The summed E-state index contributed by atoms with van der Waals surface area (Å²) in [4.78, 5) is 24.4. The van der Waals surface area contributed by atoms with Crippen LogP contribution in [0.4, 0.5) is 0 Å². The molecule has 2 heterocycles. The normalized spacial score (nSPS) is 16.2. The summed E-state index contributed by atoms with van der Waals surface area (Å²) in [6.45, 7) is 5.30. The Bertz CT molecular complexity index is 789. The van der Waals surface area contributed by atoms with Gasteiger partial charge in [0.1, 0.15) is 11.9 Å². The Kier molecular flexibility index (Phi) is 5.37. The Balaban J connectivity index is 1.49. The third-order valence-corrected chi connectivity index (χ3v) is 5.13. The molecule has 8 heteroatoms. The van der Waals surface area contributed by atoms with Crippen molar-refractivity contribution in [2.24, 2.45) is 0 Å². The molecule has 0 saturated carbocycles. The molecule has 1 aromatic heterocycles. The van der Waals surface area contributed by atoms with Gasteiger partial charge in [0, 0.05) is 30.8 Å². The van der Waals surface area contributed by atoms with Crippen LogP contribution in [-0.4, -0.2) is 44.9 Å². The molecule has 2 aromatic rings. The molecule has 3 rings (SSSR count). The van der Waals surface area contributed by atoms with Gasteiger partial charge in [0.2, 0.25) is 5.91 Å². The van der Waals surface area contributed by atoms with Crippen molar-refractivity contribution in [3.63, 3.8) is 0 Å². The van der Waals surface area contributed by atoms with Gasteiger partial charge in [-0.15, -0.1) is 10.2 Å². The van der Waals surface area contributed by atoms with Gasteiger partial charge < -0.3 is 15.2 Å². The second-order valence-corrected chi connectivity index (χ2v) is 6.86. The fraction of sp³-hybridized carbons (Fsp3) is 0.412. The minimum absolute atomic E-state index is 0.156. The van der Waals surface area contributed by atoms with Crippen LogP contribution in [0.25, 0.3) is 0 Å². The van der Waals surface area contributed by atoms with E-state index in [2.05, 4.69) is 20.8 Å². The zero-order chi connectivity index (χ0) is 17.8. The van der Waals surface area contributed by atoms with Gasteiger partial charge in [-0.3, -0.25) is 9.59 Å². The van der Waals surface area contributed by atoms with Gasteiger partial charge in [0.25, 0.3) is 5.91 Å². The molecule has 1 aromatic carbocycles. The smallest absolute Gasteiger partial charge is 0.252 e. The number of hydrogen-bond acceptors (Lipinski definition) is 5. The minimum atomic E-state index is -0.520. The quantitative estimate of drug-likeness (QED) is 0.597. The van der Waals surface area contributed by atoms with E-state index >= 15 is 0 Å². The molecule has 0 fully saturated rings. The predicted molar refractivity (Wildman–Crippen MR) is 95.6 cm³/mol. The zero-order valence-electron chi connectivity index (χ0n) is 14.3. The van der Waals surface area contributed by atoms with E-state index in [1.807, 2.05) is 36.6 Å². The first-order valence-corrected chi connectivity index (χ1v) is 9.27. The van der Waals surface area contributed by atoms with E-state index in [1.54, 1.807) is 17.8 Å². The molecule has 132 valence electrons. The van der Waals surface area contributed by atoms with Gasteiger partial charge in [0.05, 0.1) is 0 Å². The number of carbonyl (C=O) groups excluding carboxylic acids is 2. The summed E-state index contributed by atoms with van der Waals surface area (Å²) in [6, 6.07) is 6.86. The molecule has 2 N–H and O–H groups in total. The molecule has 0 radical (unpaired) electrons. The molecular weight excluding hydrogens is 338 g/mol. The summed E-state index contributed by atoms with van der Waals surface area (Å²) < 4.78 is 2.03. The molecule has 1 aliphatic heterocycles. The predicted octanol–water partition coefficient (Wildman–Crippen LogP) is 1.17. The number of nitrogens with one attached hydrogen (secondary N) is 2. The topological polar surface area (TPSA) is 88.9 Å². The lowest BCUT2D eigenvalue weighted by molar-refractivity contribution is -0.122. The molecule has 0 bridgehead atoms. The van der Waals surface area contributed by atoms with Crippen LogP contribution in [0.2, 0.25) is 0 Å². The van der Waals surface area contributed by atoms with Crippen molar-refractivity contribution >= 4 is 23.6 Å². The van der Waals surface area contributed by atoms with E-state index < -0.39 is 6.04 Å². The van der Waals surface area contributed by atoms with Crippen molar-refractivity contribution in [3.8, 4) is 0 Å². The molecule has 0 saturated heterocycles. The number of hydrogen-bond donors (Lipinski definition) is 2. The van der Waals surface area contributed by atoms with Crippen LogP contribution < -0.4 is 10.6 Å². The highest BCUT2D eigenvalue weighted by molar-refractivity contribution is 7.99. The van der Waals surface area contributed by atoms with E-state index in [4.69, 9.17) is 0 Å². The third-order valence-electron chi connectivity index (χ3n) is 4.16. The summed E-state index contributed by atoms with van der Waals surface area (Å²) in [5, 5.41) is 14.7.